The van der Waals surface area contributed by atoms with Crippen LogP contribution in [0.3, 0.4) is 0 Å². The zero-order valence-corrected chi connectivity index (χ0v) is 13.3. The van der Waals surface area contributed by atoms with Gasteiger partial charge in [-0.15, -0.1) is 0 Å². The van der Waals surface area contributed by atoms with Crippen LogP contribution in [0.4, 0.5) is 4.39 Å². The van der Waals surface area contributed by atoms with Crippen LogP contribution in [0.25, 0.3) is 0 Å². The Kier molecular flexibility index (Phi) is 6.15. The Balaban J connectivity index is 2.00. The SMILES string of the molecule is CCC1CN(CC(C)C(NC)c2ccccc2F)CCO1. The number of halogens is 1. The standard InChI is InChI=1S/C17H27FN2O/c1-4-14-12-20(9-10-21-14)11-13(2)17(19-3)15-7-5-6-8-16(15)18/h5-8,13-14,17,19H,4,9-12H2,1-3H3. The molecule has 0 spiro atoms. The Morgan fingerprint density at radius 2 is 2.19 bits per heavy atom. The molecule has 1 heterocycles. The van der Waals surface area contributed by atoms with Gasteiger partial charge in [-0.25, -0.2) is 4.39 Å². The van der Waals surface area contributed by atoms with E-state index in [9.17, 15) is 4.39 Å². The molecule has 1 saturated heterocycles. The van der Waals surface area contributed by atoms with Crippen LogP contribution in [0, 0.1) is 11.7 Å². The van der Waals surface area contributed by atoms with Crippen LogP contribution < -0.4 is 5.32 Å². The summed E-state index contributed by atoms with van der Waals surface area (Å²) in [4.78, 5) is 2.44. The molecule has 3 unspecified atom stereocenters. The van der Waals surface area contributed by atoms with Crippen molar-refractivity contribution in [1.82, 2.24) is 10.2 Å². The molecule has 0 bridgehead atoms. The summed E-state index contributed by atoms with van der Waals surface area (Å²) in [7, 11) is 1.90. The van der Waals surface area contributed by atoms with E-state index in [1.54, 1.807) is 6.07 Å². The Morgan fingerprint density at radius 1 is 1.43 bits per heavy atom. The molecule has 1 fully saturated rings. The smallest absolute Gasteiger partial charge is 0.127 e. The highest BCUT2D eigenvalue weighted by Crippen LogP contribution is 2.25. The van der Waals surface area contributed by atoms with Crippen molar-refractivity contribution in [3.05, 3.63) is 35.6 Å². The van der Waals surface area contributed by atoms with Gasteiger partial charge in [0.2, 0.25) is 0 Å². The van der Waals surface area contributed by atoms with Crippen molar-refractivity contribution < 1.29 is 9.13 Å². The fourth-order valence-electron chi connectivity index (χ4n) is 3.18. The molecule has 0 aliphatic carbocycles. The van der Waals surface area contributed by atoms with Gasteiger partial charge in [0, 0.05) is 31.2 Å². The third kappa shape index (κ3) is 4.25. The maximum Gasteiger partial charge on any atom is 0.127 e. The molecule has 1 aromatic rings. The molecule has 1 aromatic carbocycles. The summed E-state index contributed by atoms with van der Waals surface area (Å²) in [6.45, 7) is 8.05. The molecule has 3 atom stereocenters. The molecule has 0 radical (unpaired) electrons. The van der Waals surface area contributed by atoms with Gasteiger partial charge in [0.25, 0.3) is 0 Å². The third-order valence-electron chi connectivity index (χ3n) is 4.34. The Labute approximate surface area is 127 Å². The van der Waals surface area contributed by atoms with Crippen LogP contribution in [0.2, 0.25) is 0 Å². The number of nitrogens with one attached hydrogen (secondary N) is 1. The topological polar surface area (TPSA) is 24.5 Å². The number of benzene rings is 1. The second-order valence-corrected chi connectivity index (χ2v) is 5.93. The number of rotatable bonds is 6. The van der Waals surface area contributed by atoms with E-state index in [-0.39, 0.29) is 11.9 Å². The summed E-state index contributed by atoms with van der Waals surface area (Å²) in [5.74, 6) is 0.208. The van der Waals surface area contributed by atoms with Gasteiger partial charge in [-0.05, 0) is 25.5 Å². The Bertz CT molecular complexity index is 441. The molecular weight excluding hydrogens is 267 g/mol. The molecule has 0 amide bonds. The molecule has 0 aromatic heterocycles. The molecule has 21 heavy (non-hydrogen) atoms. The number of hydrogen-bond acceptors (Lipinski definition) is 3. The maximum atomic E-state index is 14.0. The predicted octanol–water partition coefficient (Wildman–Crippen LogP) is 2.83. The summed E-state index contributed by atoms with van der Waals surface area (Å²) in [6.07, 6.45) is 1.39. The van der Waals surface area contributed by atoms with Gasteiger partial charge in [0.15, 0.2) is 0 Å². The summed E-state index contributed by atoms with van der Waals surface area (Å²) in [5, 5.41) is 3.28. The lowest BCUT2D eigenvalue weighted by Gasteiger charge is -2.36. The van der Waals surface area contributed by atoms with E-state index in [1.165, 1.54) is 6.07 Å². The van der Waals surface area contributed by atoms with E-state index in [1.807, 2.05) is 19.2 Å². The average molecular weight is 294 g/mol. The van der Waals surface area contributed by atoms with Gasteiger partial charge < -0.3 is 10.1 Å². The van der Waals surface area contributed by atoms with E-state index in [4.69, 9.17) is 4.74 Å². The van der Waals surface area contributed by atoms with Crippen LogP contribution >= 0.6 is 0 Å². The Hall–Kier alpha value is -0.970. The second-order valence-electron chi connectivity index (χ2n) is 5.93. The van der Waals surface area contributed by atoms with Gasteiger partial charge in [0.1, 0.15) is 5.82 Å². The molecule has 1 N–H and O–H groups in total. The van der Waals surface area contributed by atoms with Gasteiger partial charge >= 0.3 is 0 Å². The van der Waals surface area contributed by atoms with Gasteiger partial charge in [0.05, 0.1) is 12.7 Å². The van der Waals surface area contributed by atoms with Crippen molar-refractivity contribution in [1.29, 1.82) is 0 Å². The maximum absolute atomic E-state index is 14.0. The first-order valence-corrected chi connectivity index (χ1v) is 7.91. The monoisotopic (exact) mass is 294 g/mol. The van der Waals surface area contributed by atoms with E-state index < -0.39 is 0 Å². The quantitative estimate of drug-likeness (QED) is 0.873. The van der Waals surface area contributed by atoms with Crippen LogP contribution in [-0.2, 0) is 4.74 Å². The van der Waals surface area contributed by atoms with Crippen molar-refractivity contribution in [2.45, 2.75) is 32.4 Å². The molecule has 1 aliphatic heterocycles. The molecule has 2 rings (SSSR count). The lowest BCUT2D eigenvalue weighted by molar-refractivity contribution is -0.0347. The summed E-state index contributed by atoms with van der Waals surface area (Å²) in [5.41, 5.74) is 0.757. The lowest BCUT2D eigenvalue weighted by atomic mass is 9.93. The first kappa shape index (κ1) is 16.4. The van der Waals surface area contributed by atoms with Crippen molar-refractivity contribution in [2.75, 3.05) is 33.3 Å². The number of morpholine rings is 1. The van der Waals surface area contributed by atoms with Crippen molar-refractivity contribution in [3.8, 4) is 0 Å². The average Bonchev–Trinajstić information content (AvgIpc) is 2.50. The van der Waals surface area contributed by atoms with E-state index in [0.29, 0.717) is 12.0 Å². The van der Waals surface area contributed by atoms with E-state index in [0.717, 1.165) is 38.2 Å². The molecule has 3 nitrogen and oxygen atoms in total. The van der Waals surface area contributed by atoms with E-state index >= 15 is 0 Å². The van der Waals surface area contributed by atoms with Gasteiger partial charge in [-0.2, -0.15) is 0 Å². The Morgan fingerprint density at radius 3 is 2.86 bits per heavy atom. The minimum absolute atomic E-state index is 0.0362. The third-order valence-corrected chi connectivity index (χ3v) is 4.34. The predicted molar refractivity (Wildman–Crippen MR) is 83.8 cm³/mol. The van der Waals surface area contributed by atoms with Crippen LogP contribution in [-0.4, -0.2) is 44.3 Å². The van der Waals surface area contributed by atoms with Gasteiger partial charge in [-0.1, -0.05) is 32.0 Å². The molecule has 4 heteroatoms. The highest BCUT2D eigenvalue weighted by Gasteiger charge is 2.25. The number of hydrogen-bond donors (Lipinski definition) is 1. The van der Waals surface area contributed by atoms with E-state index in [2.05, 4.69) is 24.1 Å². The first-order chi connectivity index (χ1) is 10.2. The van der Waals surface area contributed by atoms with Crippen molar-refractivity contribution in [3.63, 3.8) is 0 Å². The minimum Gasteiger partial charge on any atom is -0.376 e. The molecule has 0 saturated carbocycles. The zero-order valence-electron chi connectivity index (χ0n) is 13.3. The fourth-order valence-corrected chi connectivity index (χ4v) is 3.18. The van der Waals surface area contributed by atoms with Crippen molar-refractivity contribution in [2.24, 2.45) is 5.92 Å². The lowest BCUT2D eigenvalue weighted by Crippen LogP contribution is -2.45. The fraction of sp³-hybridized carbons (Fsp3) is 0.647. The van der Waals surface area contributed by atoms with Gasteiger partial charge in [-0.3, -0.25) is 4.90 Å². The highest BCUT2D eigenvalue weighted by atomic mass is 19.1. The largest absolute Gasteiger partial charge is 0.376 e. The normalized spacial score (nSPS) is 23.0. The highest BCUT2D eigenvalue weighted by molar-refractivity contribution is 5.21. The molecule has 118 valence electrons. The molecular formula is C17H27FN2O. The zero-order chi connectivity index (χ0) is 15.2. The number of ether oxygens (including phenoxy) is 1. The summed E-state index contributed by atoms with van der Waals surface area (Å²) >= 11 is 0. The first-order valence-electron chi connectivity index (χ1n) is 7.91. The number of nitrogens with zero attached hydrogens (tertiary/aromatic N) is 1. The van der Waals surface area contributed by atoms with Crippen LogP contribution in [0.1, 0.15) is 31.9 Å². The van der Waals surface area contributed by atoms with Crippen molar-refractivity contribution >= 4 is 0 Å². The second kappa shape index (κ2) is 7.87. The van der Waals surface area contributed by atoms with Crippen LogP contribution in [0.5, 0.6) is 0 Å². The van der Waals surface area contributed by atoms with Crippen LogP contribution in [0.15, 0.2) is 24.3 Å². The summed E-state index contributed by atoms with van der Waals surface area (Å²) in [6, 6.07) is 7.09. The minimum atomic E-state index is -0.128. The summed E-state index contributed by atoms with van der Waals surface area (Å²) < 4.78 is 19.7. The molecule has 1 aliphatic rings.